The van der Waals surface area contributed by atoms with Gasteiger partial charge in [0.25, 0.3) is 0 Å². The molecule has 0 aromatic carbocycles. The molecule has 1 aromatic rings. The zero-order chi connectivity index (χ0) is 12.6. The minimum Gasteiger partial charge on any atom is -0.395 e. The normalized spacial score (nSPS) is 22.3. The number of thiazole rings is 1. The Balaban J connectivity index is 2.25. The molecule has 0 radical (unpaired) electrons. The van der Waals surface area contributed by atoms with Crippen molar-refractivity contribution in [1.82, 2.24) is 9.88 Å². The molecule has 0 spiro atoms. The van der Waals surface area contributed by atoms with Gasteiger partial charge in [-0.2, -0.15) is 0 Å². The van der Waals surface area contributed by atoms with Crippen molar-refractivity contribution < 1.29 is 5.11 Å². The highest BCUT2D eigenvalue weighted by molar-refractivity contribution is 7.11. The summed E-state index contributed by atoms with van der Waals surface area (Å²) in [7, 11) is 2.17. The Morgan fingerprint density at radius 2 is 2.24 bits per heavy atom. The lowest BCUT2D eigenvalue weighted by atomic mass is 9.96. The molecule has 1 atom stereocenters. The summed E-state index contributed by atoms with van der Waals surface area (Å²) in [5, 5.41) is 10.5. The summed E-state index contributed by atoms with van der Waals surface area (Å²) in [6.07, 6.45) is 1.21. The molecule has 1 aliphatic heterocycles. The second kappa shape index (κ2) is 4.67. The maximum absolute atomic E-state index is 9.41. The Hall–Kier alpha value is -0.450. The molecule has 1 unspecified atom stereocenters. The summed E-state index contributed by atoms with van der Waals surface area (Å²) in [6, 6.07) is 0. The summed E-state index contributed by atoms with van der Waals surface area (Å²) in [5.41, 5.74) is 1.05. The molecule has 1 N–H and O–H groups in total. The zero-order valence-electron chi connectivity index (χ0n) is 11.2. The fourth-order valence-electron chi connectivity index (χ4n) is 2.30. The van der Waals surface area contributed by atoms with Crippen LogP contribution in [0, 0.1) is 6.92 Å². The van der Waals surface area contributed by atoms with Gasteiger partial charge in [-0.1, -0.05) is 13.8 Å². The molecule has 1 aromatic heterocycles. The SMILES string of the molecule is Cc1sc(C(C)(C)CO)nc1C1CCN(C)C1. The Labute approximate surface area is 107 Å². The van der Waals surface area contributed by atoms with E-state index in [2.05, 4.69) is 32.7 Å². The van der Waals surface area contributed by atoms with Crippen molar-refractivity contribution in [1.29, 1.82) is 0 Å². The highest BCUT2D eigenvalue weighted by Gasteiger charge is 2.29. The number of hydrogen-bond acceptors (Lipinski definition) is 4. The monoisotopic (exact) mass is 254 g/mol. The Bertz CT molecular complexity index is 400. The maximum Gasteiger partial charge on any atom is 0.101 e. The van der Waals surface area contributed by atoms with E-state index >= 15 is 0 Å². The number of nitrogens with zero attached hydrogens (tertiary/aromatic N) is 2. The minimum absolute atomic E-state index is 0.157. The predicted octanol–water partition coefficient (Wildman–Crippen LogP) is 2.14. The van der Waals surface area contributed by atoms with Gasteiger partial charge in [0.05, 0.1) is 12.3 Å². The van der Waals surface area contributed by atoms with E-state index in [9.17, 15) is 5.11 Å². The third-order valence-electron chi connectivity index (χ3n) is 3.58. The second-order valence-corrected chi connectivity index (χ2v) is 6.95. The minimum atomic E-state index is -0.210. The molecule has 0 aliphatic carbocycles. The van der Waals surface area contributed by atoms with Gasteiger partial charge >= 0.3 is 0 Å². The van der Waals surface area contributed by atoms with E-state index in [1.165, 1.54) is 23.5 Å². The maximum atomic E-state index is 9.41. The predicted molar refractivity (Wildman–Crippen MR) is 71.8 cm³/mol. The fourth-order valence-corrected chi connectivity index (χ4v) is 3.39. The zero-order valence-corrected chi connectivity index (χ0v) is 12.0. The first-order valence-electron chi connectivity index (χ1n) is 6.21. The lowest BCUT2D eigenvalue weighted by molar-refractivity contribution is 0.218. The van der Waals surface area contributed by atoms with E-state index in [-0.39, 0.29) is 12.0 Å². The molecule has 0 bridgehead atoms. The first-order chi connectivity index (χ1) is 7.94. The van der Waals surface area contributed by atoms with Crippen molar-refractivity contribution in [3.05, 3.63) is 15.6 Å². The van der Waals surface area contributed by atoms with Crippen LogP contribution in [0.3, 0.4) is 0 Å². The Morgan fingerprint density at radius 1 is 1.53 bits per heavy atom. The molecule has 4 heteroatoms. The molecular formula is C13H22N2OS. The third kappa shape index (κ3) is 2.54. The topological polar surface area (TPSA) is 36.4 Å². The van der Waals surface area contributed by atoms with E-state index < -0.39 is 0 Å². The number of aryl methyl sites for hydroxylation is 1. The van der Waals surface area contributed by atoms with Crippen LogP contribution in [-0.2, 0) is 5.41 Å². The molecule has 1 saturated heterocycles. The number of likely N-dealkylation sites (N-methyl/N-ethyl adjacent to an activating group) is 1. The molecular weight excluding hydrogens is 232 g/mol. The standard InChI is InChI=1S/C13H22N2OS/c1-9-11(10-5-6-15(4)7-10)14-12(17-9)13(2,3)8-16/h10,16H,5-8H2,1-4H3. The number of rotatable bonds is 3. The van der Waals surface area contributed by atoms with Gasteiger partial charge in [0.1, 0.15) is 5.01 Å². The average Bonchev–Trinajstić information content (AvgIpc) is 2.85. The van der Waals surface area contributed by atoms with Crippen LogP contribution in [-0.4, -0.2) is 41.7 Å². The summed E-state index contributed by atoms with van der Waals surface area (Å²) in [4.78, 5) is 8.48. The number of aromatic nitrogens is 1. The molecule has 1 aliphatic rings. The van der Waals surface area contributed by atoms with Crippen LogP contribution in [0.25, 0.3) is 0 Å². The smallest absolute Gasteiger partial charge is 0.101 e. The molecule has 3 nitrogen and oxygen atoms in total. The quantitative estimate of drug-likeness (QED) is 0.898. The highest BCUT2D eigenvalue weighted by Crippen LogP contribution is 2.35. The van der Waals surface area contributed by atoms with E-state index in [0.717, 1.165) is 11.6 Å². The van der Waals surface area contributed by atoms with Gasteiger partial charge in [0, 0.05) is 22.8 Å². The number of likely N-dealkylation sites (tertiary alicyclic amines) is 1. The van der Waals surface area contributed by atoms with E-state index in [1.807, 2.05) is 0 Å². The van der Waals surface area contributed by atoms with Crippen molar-refractivity contribution in [3.8, 4) is 0 Å². The molecule has 2 rings (SSSR count). The van der Waals surface area contributed by atoms with E-state index in [0.29, 0.717) is 5.92 Å². The average molecular weight is 254 g/mol. The summed E-state index contributed by atoms with van der Waals surface area (Å²) >= 11 is 1.74. The van der Waals surface area contributed by atoms with Crippen LogP contribution in [0.1, 0.15) is 41.8 Å². The van der Waals surface area contributed by atoms with Gasteiger partial charge in [0.15, 0.2) is 0 Å². The van der Waals surface area contributed by atoms with Crippen molar-refractivity contribution in [2.24, 2.45) is 0 Å². The van der Waals surface area contributed by atoms with E-state index in [1.54, 1.807) is 11.3 Å². The number of aliphatic hydroxyl groups excluding tert-OH is 1. The van der Waals surface area contributed by atoms with Crippen LogP contribution in [0.4, 0.5) is 0 Å². The number of hydrogen-bond donors (Lipinski definition) is 1. The van der Waals surface area contributed by atoms with Crippen LogP contribution in [0.5, 0.6) is 0 Å². The lowest BCUT2D eigenvalue weighted by Gasteiger charge is -2.18. The van der Waals surface area contributed by atoms with Gasteiger partial charge in [-0.3, -0.25) is 0 Å². The Morgan fingerprint density at radius 3 is 2.76 bits per heavy atom. The highest BCUT2D eigenvalue weighted by atomic mass is 32.1. The summed E-state index contributed by atoms with van der Waals surface area (Å²) in [5.74, 6) is 0.583. The van der Waals surface area contributed by atoms with Crippen LogP contribution in [0.2, 0.25) is 0 Å². The summed E-state index contributed by atoms with van der Waals surface area (Å²) < 4.78 is 0. The molecule has 0 saturated carbocycles. The third-order valence-corrected chi connectivity index (χ3v) is 4.94. The van der Waals surface area contributed by atoms with Crippen molar-refractivity contribution in [2.75, 3.05) is 26.7 Å². The van der Waals surface area contributed by atoms with Gasteiger partial charge in [-0.05, 0) is 26.9 Å². The van der Waals surface area contributed by atoms with E-state index in [4.69, 9.17) is 4.98 Å². The van der Waals surface area contributed by atoms with Gasteiger partial charge in [0.2, 0.25) is 0 Å². The van der Waals surface area contributed by atoms with Crippen molar-refractivity contribution >= 4 is 11.3 Å². The van der Waals surface area contributed by atoms with Crippen molar-refractivity contribution in [2.45, 2.75) is 38.5 Å². The summed E-state index contributed by atoms with van der Waals surface area (Å²) in [6.45, 7) is 8.70. The Kier molecular flexibility index (Phi) is 3.57. The second-order valence-electron chi connectivity index (χ2n) is 5.75. The van der Waals surface area contributed by atoms with Gasteiger partial charge in [-0.25, -0.2) is 4.98 Å². The molecule has 17 heavy (non-hydrogen) atoms. The molecule has 2 heterocycles. The lowest BCUT2D eigenvalue weighted by Crippen LogP contribution is -2.22. The van der Waals surface area contributed by atoms with Gasteiger partial charge in [-0.15, -0.1) is 11.3 Å². The van der Waals surface area contributed by atoms with Gasteiger partial charge < -0.3 is 10.0 Å². The largest absolute Gasteiger partial charge is 0.395 e. The fraction of sp³-hybridized carbons (Fsp3) is 0.769. The van der Waals surface area contributed by atoms with Crippen LogP contribution < -0.4 is 0 Å². The first-order valence-corrected chi connectivity index (χ1v) is 7.03. The molecule has 0 amide bonds. The van der Waals surface area contributed by atoms with Crippen LogP contribution >= 0.6 is 11.3 Å². The number of aliphatic hydroxyl groups is 1. The molecule has 1 fully saturated rings. The van der Waals surface area contributed by atoms with Crippen LogP contribution in [0.15, 0.2) is 0 Å². The van der Waals surface area contributed by atoms with Crippen molar-refractivity contribution in [3.63, 3.8) is 0 Å². The molecule has 96 valence electrons. The first kappa shape index (κ1) is 13.0.